The highest BCUT2D eigenvalue weighted by molar-refractivity contribution is 5.95. The molecule has 24 heavy (non-hydrogen) atoms. The Hall–Kier alpha value is -3.26. The van der Waals surface area contributed by atoms with Crippen molar-refractivity contribution in [2.24, 2.45) is 0 Å². The van der Waals surface area contributed by atoms with Crippen LogP contribution in [0.3, 0.4) is 0 Å². The normalized spacial score (nSPS) is 10.4. The highest BCUT2D eigenvalue weighted by atomic mass is 19.1. The number of aryl methyl sites for hydroxylation is 1. The molecule has 0 saturated carbocycles. The number of carbonyl (C=O) groups excluding carboxylic acids is 1. The molecule has 0 aliphatic carbocycles. The molecule has 0 saturated heterocycles. The maximum Gasteiger partial charge on any atom is 0.340 e. The fraction of sp³-hybridized carbons (Fsp3) is 0.105. The van der Waals surface area contributed by atoms with Crippen molar-refractivity contribution < 1.29 is 13.9 Å². The van der Waals surface area contributed by atoms with Gasteiger partial charge in [-0.3, -0.25) is 4.98 Å². The lowest BCUT2D eigenvalue weighted by atomic mass is 10.1. The van der Waals surface area contributed by atoms with Crippen molar-refractivity contribution >= 4 is 16.9 Å². The number of aromatic nitrogens is 1. The van der Waals surface area contributed by atoms with E-state index in [1.54, 1.807) is 43.3 Å². The van der Waals surface area contributed by atoms with Gasteiger partial charge in [-0.25, -0.2) is 9.18 Å². The van der Waals surface area contributed by atoms with E-state index in [1.807, 2.05) is 0 Å². The maximum absolute atomic E-state index is 13.2. The molecule has 118 valence electrons. The van der Waals surface area contributed by atoms with E-state index in [-0.39, 0.29) is 12.4 Å². The van der Waals surface area contributed by atoms with Crippen LogP contribution in [0, 0.1) is 24.1 Å². The molecule has 3 aromatic rings. The van der Waals surface area contributed by atoms with Gasteiger partial charge in [0.1, 0.15) is 12.4 Å². The number of nitrogens with zero attached hydrogens (tertiary/aromatic N) is 2. The van der Waals surface area contributed by atoms with E-state index in [0.29, 0.717) is 33.3 Å². The second-order valence-electron chi connectivity index (χ2n) is 5.30. The predicted octanol–water partition coefficient (Wildman–Crippen LogP) is 3.91. The minimum atomic E-state index is -0.529. The summed E-state index contributed by atoms with van der Waals surface area (Å²) < 4.78 is 18.6. The Bertz CT molecular complexity index is 977. The Kier molecular flexibility index (Phi) is 4.21. The Morgan fingerprint density at radius 1 is 1.25 bits per heavy atom. The monoisotopic (exact) mass is 320 g/mol. The molecule has 0 aliphatic heterocycles. The quantitative estimate of drug-likeness (QED) is 0.686. The zero-order valence-electron chi connectivity index (χ0n) is 12.9. The van der Waals surface area contributed by atoms with Gasteiger partial charge in [0, 0.05) is 17.0 Å². The van der Waals surface area contributed by atoms with Gasteiger partial charge in [0.25, 0.3) is 0 Å². The van der Waals surface area contributed by atoms with Gasteiger partial charge < -0.3 is 4.74 Å². The zero-order valence-corrected chi connectivity index (χ0v) is 12.9. The summed E-state index contributed by atoms with van der Waals surface area (Å²) in [7, 11) is 0. The Morgan fingerprint density at radius 3 is 2.83 bits per heavy atom. The van der Waals surface area contributed by atoms with Gasteiger partial charge in [0.05, 0.1) is 28.4 Å². The molecule has 4 nitrogen and oxygen atoms in total. The minimum absolute atomic E-state index is 0.00343. The average molecular weight is 320 g/mol. The van der Waals surface area contributed by atoms with Gasteiger partial charge >= 0.3 is 5.97 Å². The number of rotatable bonds is 3. The van der Waals surface area contributed by atoms with Gasteiger partial charge in [0.15, 0.2) is 0 Å². The van der Waals surface area contributed by atoms with Crippen LogP contribution >= 0.6 is 0 Å². The van der Waals surface area contributed by atoms with E-state index in [2.05, 4.69) is 11.1 Å². The van der Waals surface area contributed by atoms with Crippen molar-refractivity contribution in [1.82, 2.24) is 4.98 Å². The third kappa shape index (κ3) is 3.08. The lowest BCUT2D eigenvalue weighted by Crippen LogP contribution is -2.09. The molecule has 0 atom stereocenters. The first kappa shape index (κ1) is 15.6. The van der Waals surface area contributed by atoms with E-state index in [0.717, 1.165) is 0 Å². The SMILES string of the molecule is Cc1nc2cc(F)ccc2cc1C(=O)OCc1ccccc1C#N. The molecule has 0 unspecified atom stereocenters. The summed E-state index contributed by atoms with van der Waals surface area (Å²) in [5, 5.41) is 9.71. The van der Waals surface area contributed by atoms with Crippen LogP contribution in [-0.4, -0.2) is 11.0 Å². The summed E-state index contributed by atoms with van der Waals surface area (Å²) in [6, 6.07) is 14.8. The second kappa shape index (κ2) is 6.47. The Balaban J connectivity index is 1.85. The van der Waals surface area contributed by atoms with Crippen molar-refractivity contribution in [3.8, 4) is 6.07 Å². The molecule has 0 aliphatic rings. The molecule has 0 bridgehead atoms. The van der Waals surface area contributed by atoms with Crippen molar-refractivity contribution in [3.05, 3.63) is 76.7 Å². The first-order valence-corrected chi connectivity index (χ1v) is 7.30. The first-order valence-electron chi connectivity index (χ1n) is 7.30. The number of hydrogen-bond donors (Lipinski definition) is 0. The summed E-state index contributed by atoms with van der Waals surface area (Å²) in [4.78, 5) is 16.6. The van der Waals surface area contributed by atoms with E-state index in [4.69, 9.17) is 10.00 Å². The number of ether oxygens (including phenoxy) is 1. The summed E-state index contributed by atoms with van der Waals surface area (Å²) >= 11 is 0. The highest BCUT2D eigenvalue weighted by Crippen LogP contribution is 2.19. The third-order valence-corrected chi connectivity index (χ3v) is 3.69. The molecule has 0 fully saturated rings. The van der Waals surface area contributed by atoms with Crippen molar-refractivity contribution in [2.45, 2.75) is 13.5 Å². The molecule has 0 N–H and O–H groups in total. The summed E-state index contributed by atoms with van der Waals surface area (Å²) in [5.74, 6) is -0.906. The standard InChI is InChI=1S/C19H13FN2O2/c1-12-17(8-13-6-7-16(20)9-18(13)22-12)19(23)24-11-15-5-3-2-4-14(15)10-21/h2-9H,11H2,1H3. The number of benzene rings is 2. The molecule has 0 amide bonds. The first-order chi connectivity index (χ1) is 11.6. The van der Waals surface area contributed by atoms with Crippen molar-refractivity contribution in [1.29, 1.82) is 5.26 Å². The van der Waals surface area contributed by atoms with E-state index in [9.17, 15) is 9.18 Å². The summed E-state index contributed by atoms with van der Waals surface area (Å²) in [5.41, 5.74) is 2.38. The molecular weight excluding hydrogens is 307 g/mol. The molecule has 2 aromatic carbocycles. The molecule has 5 heteroatoms. The fourth-order valence-corrected chi connectivity index (χ4v) is 2.42. The average Bonchev–Trinajstić information content (AvgIpc) is 2.59. The minimum Gasteiger partial charge on any atom is -0.457 e. The van der Waals surface area contributed by atoms with Gasteiger partial charge in [-0.05, 0) is 31.2 Å². The summed E-state index contributed by atoms with van der Waals surface area (Å²) in [6.07, 6.45) is 0. The zero-order chi connectivity index (χ0) is 17.1. The number of hydrogen-bond acceptors (Lipinski definition) is 4. The number of pyridine rings is 1. The second-order valence-corrected chi connectivity index (χ2v) is 5.30. The number of fused-ring (bicyclic) bond motifs is 1. The summed E-state index contributed by atoms with van der Waals surface area (Å²) in [6.45, 7) is 1.67. The van der Waals surface area contributed by atoms with Crippen LogP contribution in [0.4, 0.5) is 4.39 Å². The fourth-order valence-electron chi connectivity index (χ4n) is 2.42. The van der Waals surface area contributed by atoms with Crippen LogP contribution in [-0.2, 0) is 11.3 Å². The predicted molar refractivity (Wildman–Crippen MR) is 86.7 cm³/mol. The largest absolute Gasteiger partial charge is 0.457 e. The van der Waals surface area contributed by atoms with Crippen LogP contribution in [0.15, 0.2) is 48.5 Å². The van der Waals surface area contributed by atoms with E-state index < -0.39 is 5.97 Å². The third-order valence-electron chi connectivity index (χ3n) is 3.69. The smallest absolute Gasteiger partial charge is 0.340 e. The highest BCUT2D eigenvalue weighted by Gasteiger charge is 2.14. The molecule has 3 rings (SSSR count). The van der Waals surface area contributed by atoms with Gasteiger partial charge in [-0.1, -0.05) is 18.2 Å². The van der Waals surface area contributed by atoms with Crippen LogP contribution in [0.5, 0.6) is 0 Å². The van der Waals surface area contributed by atoms with Crippen LogP contribution in [0.2, 0.25) is 0 Å². The lowest BCUT2D eigenvalue weighted by molar-refractivity contribution is 0.0471. The van der Waals surface area contributed by atoms with Gasteiger partial charge in [-0.15, -0.1) is 0 Å². The topological polar surface area (TPSA) is 63.0 Å². The van der Waals surface area contributed by atoms with Crippen molar-refractivity contribution in [2.75, 3.05) is 0 Å². The molecule has 0 spiro atoms. The van der Waals surface area contributed by atoms with Crippen LogP contribution in [0.25, 0.3) is 10.9 Å². The molecule has 1 heterocycles. The Morgan fingerprint density at radius 2 is 2.04 bits per heavy atom. The number of carbonyl (C=O) groups is 1. The number of halogens is 1. The van der Waals surface area contributed by atoms with Crippen LogP contribution < -0.4 is 0 Å². The van der Waals surface area contributed by atoms with E-state index >= 15 is 0 Å². The van der Waals surface area contributed by atoms with Gasteiger partial charge in [0.2, 0.25) is 0 Å². The van der Waals surface area contributed by atoms with Crippen molar-refractivity contribution in [3.63, 3.8) is 0 Å². The van der Waals surface area contributed by atoms with Crippen LogP contribution in [0.1, 0.15) is 27.2 Å². The number of nitriles is 1. The molecule has 1 aromatic heterocycles. The maximum atomic E-state index is 13.2. The van der Waals surface area contributed by atoms with Gasteiger partial charge in [-0.2, -0.15) is 5.26 Å². The molecule has 0 radical (unpaired) electrons. The Labute approximate surface area is 138 Å². The molecular formula is C19H13FN2O2. The number of esters is 1. The van der Waals surface area contributed by atoms with E-state index in [1.165, 1.54) is 12.1 Å². The lowest BCUT2D eigenvalue weighted by Gasteiger charge is -2.09.